The number of carbonyl (C=O) groups excluding carboxylic acids is 2. The number of carbonyl (C=O) groups is 2. The van der Waals surface area contributed by atoms with Crippen LogP contribution in [0.3, 0.4) is 0 Å². The average Bonchev–Trinajstić information content (AvgIpc) is 4.38. The molecule has 4 aromatic heterocycles. The molecule has 12 aromatic rings. The lowest BCUT2D eigenvalue weighted by Gasteiger charge is -2.07. The molecule has 0 fully saturated rings. The smallest absolute Gasteiger partial charge is 0.258 e. The molecule has 8 aromatic carbocycles. The number of nitrogens with one attached hydrogen (secondary N) is 7. The molecule has 0 spiro atoms. The van der Waals surface area contributed by atoms with Gasteiger partial charge < -0.3 is 40.6 Å². The minimum atomic E-state index is -0.0874. The largest absolute Gasteiger partial charge is 0.440 e. The number of allylic oxidation sites excluding steroid dienone is 2. The molecule has 0 bridgehead atoms. The summed E-state index contributed by atoms with van der Waals surface area (Å²) in [4.78, 5) is 53.1. The van der Waals surface area contributed by atoms with Crippen molar-refractivity contribution in [1.29, 1.82) is 0 Å². The van der Waals surface area contributed by atoms with E-state index in [1.807, 2.05) is 170 Å². The lowest BCUT2D eigenvalue weighted by molar-refractivity contribution is 0.0963. The van der Waals surface area contributed by atoms with E-state index in [4.69, 9.17) is 4.74 Å². The summed E-state index contributed by atoms with van der Waals surface area (Å²) < 4.78 is 5.20. The van der Waals surface area contributed by atoms with E-state index < -0.39 is 0 Å². The van der Waals surface area contributed by atoms with Gasteiger partial charge in [0.15, 0.2) is 17.4 Å². The van der Waals surface area contributed by atoms with E-state index in [0.29, 0.717) is 24.2 Å². The number of ketones is 1. The molecule has 0 radical (unpaired) electrons. The number of aromatic nitrogens is 6. The number of anilines is 2. The number of ether oxygens (including phenoxy) is 1. The summed E-state index contributed by atoms with van der Waals surface area (Å²) in [6.07, 6.45) is 12.4. The van der Waals surface area contributed by atoms with Crippen LogP contribution < -0.4 is 26.2 Å². The minimum absolute atomic E-state index is 0. The van der Waals surface area contributed by atoms with E-state index in [2.05, 4.69) is 114 Å². The lowest BCUT2D eigenvalue weighted by atomic mass is 9.97. The Morgan fingerprint density at radius 3 is 1.71 bits per heavy atom. The van der Waals surface area contributed by atoms with Crippen LogP contribution in [-0.2, 0) is 13.0 Å². The predicted molar refractivity (Wildman–Crippen MR) is 327 cm³/mol. The quantitative estimate of drug-likeness (QED) is 0.0782. The molecule has 4 aliphatic rings. The van der Waals surface area contributed by atoms with Crippen molar-refractivity contribution in [3.63, 3.8) is 0 Å². The zero-order valence-electron chi connectivity index (χ0n) is 43.2. The molecule has 1 aliphatic carbocycles. The Morgan fingerprint density at radius 2 is 1.05 bits per heavy atom. The number of fused-ring (bicyclic) bond motifs is 8. The number of Topliss-reactive ketones (excluding diaryl/α,β-unsaturated/α-hetero) is 1. The standard InChI is InChI=1S/C10H8O.C9H9N.C8H6N2O.2C8H7NO.2C8H7N.C7H6N2.CH4/c11-10-7-3-5-8-4-1-2-6-9(8)10;1-7-6-8-4-2-3-5-9(8)10-7;11-8-6-3-1-2-4-7(6)9-5-10-8;1-6-9-7-4-2-3-5-8(7)10-6;10-8-7-4-2-1-3-6(7)5-9-8;2*1-2-4-8-7(3-1)5-6-9-8;1-2-4-7-6(3-1)8-5-9-7;/h1-6H,7H2;2-5,10H,1,6H2;1-5H,(H,9,10,11);2-5,9H,1H2;1-4H,5H2,(H,9,10);2*1-6,9H;1-5H,(H,8,9);1H4. The molecule has 0 atom stereocenters. The van der Waals surface area contributed by atoms with Crippen LogP contribution in [0.5, 0.6) is 5.75 Å². The number of benzene rings is 8. The first-order chi connectivity index (χ1) is 38.8. The fourth-order valence-corrected chi connectivity index (χ4v) is 8.58. The van der Waals surface area contributed by atoms with Crippen molar-refractivity contribution >= 4 is 72.9 Å². The van der Waals surface area contributed by atoms with Gasteiger partial charge in [0.2, 0.25) is 0 Å². The first kappa shape index (κ1) is 55.4. The number of hydrogen-bond acceptors (Lipinski definition) is 8. The van der Waals surface area contributed by atoms with E-state index in [1.54, 1.807) is 12.4 Å². The van der Waals surface area contributed by atoms with Gasteiger partial charge in [0.05, 0.1) is 40.3 Å². The lowest BCUT2D eigenvalue weighted by Crippen LogP contribution is -2.12. The molecular weight excluding hydrogens is 995 g/mol. The van der Waals surface area contributed by atoms with Gasteiger partial charge in [-0.2, -0.15) is 0 Å². The SMILES string of the molecule is C.C=C1Cc2ccccc2N1.C=C1Nc2ccccc2O1.O=C1CC=Cc2ccccc21.O=C1NCc2ccccc21.O=c1[nH]cnc2ccccc12.c1ccc2[nH]ccc2c1.c1ccc2[nH]ccc2c1.c1ccc2[nH]cnc2c1. The Bertz CT molecular complexity index is 3740. The van der Waals surface area contributed by atoms with Crippen molar-refractivity contribution in [2.45, 2.75) is 26.8 Å². The topological polar surface area (TPSA) is 185 Å². The Hall–Kier alpha value is -10.8. The van der Waals surface area contributed by atoms with Crippen molar-refractivity contribution in [3.05, 3.63) is 300 Å². The number of amides is 1. The molecule has 3 aliphatic heterocycles. The minimum Gasteiger partial charge on any atom is -0.440 e. The first-order valence-electron chi connectivity index (χ1n) is 25.5. The third-order valence-electron chi connectivity index (χ3n) is 12.5. The summed E-state index contributed by atoms with van der Waals surface area (Å²) >= 11 is 0. The zero-order chi connectivity index (χ0) is 54.6. The highest BCUT2D eigenvalue weighted by Gasteiger charge is 2.17. The van der Waals surface area contributed by atoms with E-state index in [0.717, 1.165) is 62.4 Å². The molecule has 0 saturated heterocycles. The van der Waals surface area contributed by atoms with E-state index >= 15 is 0 Å². The molecule has 80 heavy (non-hydrogen) atoms. The highest BCUT2D eigenvalue weighted by atomic mass is 16.5. The summed E-state index contributed by atoms with van der Waals surface area (Å²) in [6, 6.07) is 67.1. The maximum Gasteiger partial charge on any atom is 0.258 e. The third-order valence-corrected chi connectivity index (χ3v) is 12.5. The van der Waals surface area contributed by atoms with Gasteiger partial charge in [0.25, 0.3) is 11.5 Å². The maximum atomic E-state index is 11.2. The van der Waals surface area contributed by atoms with Crippen LogP contribution in [0.1, 0.15) is 51.3 Å². The molecule has 13 nitrogen and oxygen atoms in total. The Morgan fingerprint density at radius 1 is 0.487 bits per heavy atom. The second kappa shape index (κ2) is 27.8. The number of H-pyrrole nitrogens is 4. The second-order valence-corrected chi connectivity index (χ2v) is 18.0. The van der Waals surface area contributed by atoms with Gasteiger partial charge in [-0.1, -0.05) is 160 Å². The van der Waals surface area contributed by atoms with Gasteiger partial charge in [0, 0.05) is 65.3 Å². The first-order valence-corrected chi connectivity index (χ1v) is 25.5. The molecule has 1 amide bonds. The predicted octanol–water partition coefficient (Wildman–Crippen LogP) is 14.8. The number of para-hydroxylation sites is 8. The number of rotatable bonds is 0. The van der Waals surface area contributed by atoms with Gasteiger partial charge in [-0.25, -0.2) is 9.97 Å². The van der Waals surface area contributed by atoms with Crippen LogP contribution in [0.4, 0.5) is 11.4 Å². The summed E-state index contributed by atoms with van der Waals surface area (Å²) in [5.41, 5.74) is 13.7. The Balaban J connectivity index is 0.000000120. The fourth-order valence-electron chi connectivity index (χ4n) is 8.58. The Kier molecular flexibility index (Phi) is 19.3. The molecule has 16 rings (SSSR count). The van der Waals surface area contributed by atoms with Crippen LogP contribution in [0.15, 0.2) is 267 Å². The van der Waals surface area contributed by atoms with Crippen molar-refractivity contribution < 1.29 is 14.3 Å². The van der Waals surface area contributed by atoms with Crippen LogP contribution in [0.2, 0.25) is 0 Å². The molecule has 0 unspecified atom stereocenters. The van der Waals surface area contributed by atoms with E-state index in [-0.39, 0.29) is 24.7 Å². The highest BCUT2D eigenvalue weighted by Crippen LogP contribution is 2.31. The van der Waals surface area contributed by atoms with Crippen LogP contribution in [0, 0.1) is 0 Å². The molecule has 7 heterocycles. The molecule has 13 heteroatoms. The van der Waals surface area contributed by atoms with Crippen LogP contribution in [-0.4, -0.2) is 41.6 Å². The maximum absolute atomic E-state index is 11.2. The monoisotopic (exact) mass is 1060 g/mol. The molecular formula is C67H61N9O4. The van der Waals surface area contributed by atoms with Gasteiger partial charge >= 0.3 is 0 Å². The number of nitrogens with zero attached hydrogens (tertiary/aromatic N) is 2. The molecule has 398 valence electrons. The van der Waals surface area contributed by atoms with Crippen LogP contribution in [0.25, 0.3) is 49.8 Å². The van der Waals surface area contributed by atoms with Gasteiger partial charge in [-0.05, 0) is 107 Å². The van der Waals surface area contributed by atoms with Crippen molar-refractivity contribution in [3.8, 4) is 5.75 Å². The highest BCUT2D eigenvalue weighted by molar-refractivity contribution is 6.02. The summed E-state index contributed by atoms with van der Waals surface area (Å²) in [6.45, 7) is 8.18. The summed E-state index contributed by atoms with van der Waals surface area (Å²) in [7, 11) is 0. The summed E-state index contributed by atoms with van der Waals surface area (Å²) in [5.74, 6) is 1.73. The van der Waals surface area contributed by atoms with Gasteiger partial charge in [-0.3, -0.25) is 14.4 Å². The van der Waals surface area contributed by atoms with E-state index in [1.165, 1.54) is 39.4 Å². The second-order valence-electron chi connectivity index (χ2n) is 18.0. The number of aromatic amines is 4. The normalized spacial score (nSPS) is 12.2. The molecule has 7 N–H and O–H groups in total. The number of imidazole rings is 1. The van der Waals surface area contributed by atoms with Gasteiger partial charge in [-0.15, -0.1) is 0 Å². The zero-order valence-corrected chi connectivity index (χ0v) is 43.2. The summed E-state index contributed by atoms with van der Waals surface area (Å²) in [5, 5.41) is 12.1. The third kappa shape index (κ3) is 15.0. The van der Waals surface area contributed by atoms with Crippen molar-refractivity contribution in [2.24, 2.45) is 0 Å². The van der Waals surface area contributed by atoms with Crippen LogP contribution >= 0.6 is 0 Å². The van der Waals surface area contributed by atoms with Crippen molar-refractivity contribution in [2.75, 3.05) is 10.6 Å². The van der Waals surface area contributed by atoms with E-state index in [9.17, 15) is 14.4 Å². The Labute approximate surface area is 463 Å². The molecule has 0 saturated carbocycles. The average molecular weight is 1060 g/mol. The number of hydrogen-bond donors (Lipinski definition) is 7. The fraction of sp³-hybridized carbons (Fsp3) is 0.0597. The van der Waals surface area contributed by atoms with Crippen molar-refractivity contribution in [1.82, 2.24) is 35.2 Å². The van der Waals surface area contributed by atoms with Gasteiger partial charge in [0.1, 0.15) is 0 Å².